The van der Waals surface area contributed by atoms with E-state index in [1.54, 1.807) is 0 Å². The molecule has 0 radical (unpaired) electrons. The Morgan fingerprint density at radius 3 is 1.50 bits per heavy atom. The monoisotopic (exact) mass is 97.9 g/mol. The summed E-state index contributed by atoms with van der Waals surface area (Å²) in [6.07, 6.45) is 0. The molecule has 0 saturated heterocycles. The van der Waals surface area contributed by atoms with Crippen molar-refractivity contribution in [1.82, 2.24) is 0 Å². The molecule has 0 unspecified atom stereocenters. The van der Waals surface area contributed by atoms with Crippen LogP contribution in [0.1, 0.15) is 0 Å². The van der Waals surface area contributed by atoms with Crippen molar-refractivity contribution in [2.45, 2.75) is 0 Å². The number of hydrogen-bond donors (Lipinski definition) is 0. The van der Waals surface area contributed by atoms with Crippen LogP contribution in [-0.2, 0) is 0 Å². The number of rotatable bonds is 0. The maximum Gasteiger partial charge on any atom is 0.273 e. The van der Waals surface area contributed by atoms with Crippen LogP contribution in [0.3, 0.4) is 0 Å². The molecule has 0 aliphatic heterocycles. The van der Waals surface area contributed by atoms with Crippen LogP contribution in [0.5, 0.6) is 0 Å². The van der Waals surface area contributed by atoms with Crippen molar-refractivity contribution < 1.29 is 3.74 Å². The molecule has 0 N–H and O–H groups in total. The Bertz CT molecular complexity index is 27.0. The largest absolute Gasteiger partial charge is 0.458 e. The molecule has 0 aromatic heterocycles. The number of halogens is 2. The van der Waals surface area contributed by atoms with Gasteiger partial charge in [0.2, 0.25) is 0 Å². The first-order chi connectivity index (χ1) is 1.73. The quantitative estimate of drug-likeness (QED) is 0.323. The van der Waals surface area contributed by atoms with Crippen LogP contribution >= 0.6 is 23.6 Å². The van der Waals surface area contributed by atoms with E-state index in [-0.39, 0.29) is 3.74 Å². The lowest BCUT2D eigenvalue weighted by Gasteiger charge is -1.60. The molecule has 0 heterocycles. The summed E-state index contributed by atoms with van der Waals surface area (Å²) in [6, 6.07) is 0. The van der Waals surface area contributed by atoms with Crippen LogP contribution in [0.2, 0.25) is 0 Å². The second kappa shape index (κ2) is 1.49. The molecule has 0 saturated carbocycles. The minimum atomic E-state index is -0.0556. The Balaban J connectivity index is 2.80. The third kappa shape index (κ3) is 93.7. The minimum Gasteiger partial charge on any atom is -0.458 e. The first-order valence-electron chi connectivity index (χ1n) is 0.538. The molecule has 24 valence electrons. The maximum atomic E-state index is 7.42. The Morgan fingerprint density at radius 1 is 1.50 bits per heavy atom. The van der Waals surface area contributed by atoms with E-state index in [4.69, 9.17) is 5.53 Å². The van der Waals surface area contributed by atoms with Crippen LogP contribution in [0.25, 0.3) is 5.53 Å². The van der Waals surface area contributed by atoms with Gasteiger partial charge in [-0.2, -0.15) is 0 Å². The molecule has 0 bridgehead atoms. The third-order valence-corrected chi connectivity index (χ3v) is 0. The SMILES string of the molecule is [N-]=[N+](Cl)Cl. The molecule has 4 heteroatoms. The summed E-state index contributed by atoms with van der Waals surface area (Å²) in [5, 5.41) is 0. The second-order valence-corrected chi connectivity index (χ2v) is 1.03. The molecule has 0 spiro atoms. The molecule has 4 heavy (non-hydrogen) atoms. The highest BCUT2D eigenvalue weighted by atomic mass is 35.5. The highest BCUT2D eigenvalue weighted by Crippen LogP contribution is 1.80. The molecule has 0 aromatic carbocycles. The van der Waals surface area contributed by atoms with Crippen molar-refractivity contribution in [3.05, 3.63) is 5.53 Å². The van der Waals surface area contributed by atoms with Gasteiger partial charge in [0, 0.05) is 0 Å². The standard InChI is InChI=1S/Cl2N2/c1-4(2)3. The summed E-state index contributed by atoms with van der Waals surface area (Å²) in [5.74, 6) is 0. The lowest BCUT2D eigenvalue weighted by Crippen LogP contribution is -1.52. The smallest absolute Gasteiger partial charge is 0.273 e. The first kappa shape index (κ1) is 4.18. The number of nitrogens with zero attached hydrogens (tertiary/aromatic N) is 2. The lowest BCUT2D eigenvalue weighted by molar-refractivity contribution is -0.209. The topological polar surface area (TPSA) is 25.3 Å². The van der Waals surface area contributed by atoms with Crippen LogP contribution in [0.4, 0.5) is 0 Å². The van der Waals surface area contributed by atoms with Gasteiger partial charge < -0.3 is 5.53 Å². The normalized spacial score (nSPS) is 6.50. The Kier molecular flexibility index (Phi) is 1.56. The lowest BCUT2D eigenvalue weighted by atomic mass is 13.3. The van der Waals surface area contributed by atoms with Gasteiger partial charge in [0.1, 0.15) is 0 Å². The van der Waals surface area contributed by atoms with Crippen molar-refractivity contribution in [3.63, 3.8) is 0 Å². The molecule has 0 aliphatic carbocycles. The molecule has 2 nitrogen and oxygen atoms in total. The summed E-state index contributed by atoms with van der Waals surface area (Å²) in [4.78, 5) is 0. The molecular weight excluding hydrogens is 98.9 g/mol. The van der Waals surface area contributed by atoms with Crippen molar-refractivity contribution in [2.24, 2.45) is 0 Å². The first-order valence-corrected chi connectivity index (χ1v) is 1.21. The van der Waals surface area contributed by atoms with Crippen LogP contribution < -0.4 is 0 Å². The van der Waals surface area contributed by atoms with Gasteiger partial charge >= 0.3 is 0 Å². The van der Waals surface area contributed by atoms with Crippen LogP contribution in [0.15, 0.2) is 0 Å². The average molecular weight is 98.9 g/mol. The zero-order valence-corrected chi connectivity index (χ0v) is 3.16. The predicted molar refractivity (Wildman–Crippen MR) is 15.3 cm³/mol. The maximum absolute atomic E-state index is 7.42. The van der Waals surface area contributed by atoms with E-state index in [9.17, 15) is 0 Å². The van der Waals surface area contributed by atoms with E-state index >= 15 is 0 Å². The predicted octanol–water partition coefficient (Wildman–Crippen LogP) is 1.33. The molecule has 0 rings (SSSR count). The highest BCUT2D eigenvalue weighted by Gasteiger charge is 1.63. The molecule has 0 aromatic rings. The van der Waals surface area contributed by atoms with Gasteiger partial charge in [-0.05, 0) is 0 Å². The average Bonchev–Trinajstić information content (AvgIpc) is 0.811. The van der Waals surface area contributed by atoms with Crippen LogP contribution in [0, 0.1) is 0 Å². The second-order valence-electron chi connectivity index (χ2n) is 0.215. The van der Waals surface area contributed by atoms with E-state index in [1.807, 2.05) is 0 Å². The van der Waals surface area contributed by atoms with Gasteiger partial charge in [0.05, 0.1) is 0 Å². The molecular formula is Cl2N2. The summed E-state index contributed by atoms with van der Waals surface area (Å²) >= 11 is 8.86. The molecule has 0 amide bonds. The highest BCUT2D eigenvalue weighted by molar-refractivity contribution is 6.20. The van der Waals surface area contributed by atoms with E-state index in [0.717, 1.165) is 0 Å². The molecule has 0 atom stereocenters. The number of hydrogen-bond acceptors (Lipinski definition) is 0. The van der Waals surface area contributed by atoms with E-state index in [1.165, 1.54) is 0 Å². The van der Waals surface area contributed by atoms with E-state index in [2.05, 4.69) is 23.6 Å². The van der Waals surface area contributed by atoms with Gasteiger partial charge in [-0.15, -0.1) is 0 Å². The fourth-order valence-electron chi connectivity index (χ4n) is 0. The Hall–Kier alpha value is 0.180. The Morgan fingerprint density at radius 2 is 1.50 bits per heavy atom. The van der Waals surface area contributed by atoms with Gasteiger partial charge in [-0.3, -0.25) is 0 Å². The van der Waals surface area contributed by atoms with Crippen molar-refractivity contribution in [1.29, 1.82) is 0 Å². The van der Waals surface area contributed by atoms with Gasteiger partial charge in [0.25, 0.3) is 23.6 Å². The molecule has 0 fully saturated rings. The van der Waals surface area contributed by atoms with Gasteiger partial charge in [-0.1, -0.05) is 3.74 Å². The van der Waals surface area contributed by atoms with Crippen molar-refractivity contribution in [3.8, 4) is 0 Å². The zero-order chi connectivity index (χ0) is 3.58. The third-order valence-electron chi connectivity index (χ3n) is 0. The Labute approximate surface area is 33.7 Å². The van der Waals surface area contributed by atoms with Crippen molar-refractivity contribution >= 4 is 23.6 Å². The van der Waals surface area contributed by atoms with E-state index < -0.39 is 0 Å². The fourth-order valence-corrected chi connectivity index (χ4v) is 0. The van der Waals surface area contributed by atoms with Crippen LogP contribution in [-0.4, -0.2) is 3.74 Å². The van der Waals surface area contributed by atoms with Crippen molar-refractivity contribution in [2.75, 3.05) is 0 Å². The minimum absolute atomic E-state index is 0.0556. The zero-order valence-electron chi connectivity index (χ0n) is 1.65. The van der Waals surface area contributed by atoms with Gasteiger partial charge in [0.15, 0.2) is 0 Å². The van der Waals surface area contributed by atoms with E-state index in [0.29, 0.717) is 0 Å². The summed E-state index contributed by atoms with van der Waals surface area (Å²) in [6.45, 7) is 0. The molecule has 0 aliphatic rings. The fraction of sp³-hybridized carbons (Fsp3) is 0. The summed E-state index contributed by atoms with van der Waals surface area (Å²) in [5.41, 5.74) is 7.42. The summed E-state index contributed by atoms with van der Waals surface area (Å²) < 4.78 is -0.0556. The summed E-state index contributed by atoms with van der Waals surface area (Å²) in [7, 11) is 0. The van der Waals surface area contributed by atoms with Gasteiger partial charge in [-0.25, -0.2) is 0 Å².